The Balaban J connectivity index is 1.54. The molecule has 11 heteroatoms. The molecule has 1 aromatic heterocycles. The molecule has 1 saturated carbocycles. The first-order valence-corrected chi connectivity index (χ1v) is 11.2. The summed E-state index contributed by atoms with van der Waals surface area (Å²) in [6.07, 6.45) is -0.445. The monoisotopic (exact) mass is 484 g/mol. The Kier molecular flexibility index (Phi) is 6.03. The number of halogens is 3. The molecule has 0 radical (unpaired) electrons. The second-order valence-electron chi connectivity index (χ2n) is 8.29. The minimum Gasteiger partial charge on any atom is -0.493 e. The lowest BCUT2D eigenvalue weighted by atomic mass is 10.1. The average Bonchev–Trinajstić information content (AvgIpc) is 3.56. The number of rotatable bonds is 7. The standard InChI is InChI=1S/C24H23F3N6O2/c1-2-35-22-10-21-20(9-18(22)24(25,26)27)31-23(34)11-19(30-21)14-4-3-5-16(8-14)33-17(13-29-32-33)12-28-15-6-7-15/h3-5,8-11,13,15,28-29,32H,2,6-7,12H2,1H3. The summed E-state index contributed by atoms with van der Waals surface area (Å²) in [7, 11) is 0. The molecule has 2 aliphatic rings. The molecule has 8 nitrogen and oxygen atoms in total. The molecule has 35 heavy (non-hydrogen) atoms. The van der Waals surface area contributed by atoms with Crippen LogP contribution in [0.2, 0.25) is 0 Å². The summed E-state index contributed by atoms with van der Waals surface area (Å²) >= 11 is 0. The molecule has 0 amide bonds. The van der Waals surface area contributed by atoms with E-state index in [9.17, 15) is 18.0 Å². The van der Waals surface area contributed by atoms with Gasteiger partial charge in [-0.05, 0) is 38.0 Å². The lowest BCUT2D eigenvalue weighted by Gasteiger charge is -2.22. The zero-order valence-corrected chi connectivity index (χ0v) is 18.8. The molecule has 3 aromatic rings. The normalized spacial score (nSPS) is 15.8. The highest BCUT2D eigenvalue weighted by molar-refractivity contribution is 5.79. The second kappa shape index (κ2) is 9.16. The number of aromatic nitrogens is 2. The maximum atomic E-state index is 13.5. The van der Waals surface area contributed by atoms with Gasteiger partial charge in [-0.25, -0.2) is 9.97 Å². The molecule has 2 aromatic carbocycles. The predicted octanol–water partition coefficient (Wildman–Crippen LogP) is 3.50. The molecule has 1 aliphatic carbocycles. The van der Waals surface area contributed by atoms with Crippen LogP contribution in [0.25, 0.3) is 22.3 Å². The number of hydrazine groups is 2. The van der Waals surface area contributed by atoms with E-state index in [4.69, 9.17) is 4.74 Å². The number of fused-ring (bicyclic) bond motifs is 1. The smallest absolute Gasteiger partial charge is 0.420 e. The van der Waals surface area contributed by atoms with Gasteiger partial charge in [0.1, 0.15) is 5.75 Å². The minimum absolute atomic E-state index is 0.0466. The van der Waals surface area contributed by atoms with E-state index in [1.165, 1.54) is 25.0 Å². The highest BCUT2D eigenvalue weighted by atomic mass is 19.4. The maximum absolute atomic E-state index is 13.5. The minimum atomic E-state index is -4.66. The molecule has 3 N–H and O–H groups in total. The van der Waals surface area contributed by atoms with Gasteiger partial charge in [0.15, 0.2) is 0 Å². The number of nitrogens with one attached hydrogen (secondary N) is 3. The van der Waals surface area contributed by atoms with Crippen molar-refractivity contribution < 1.29 is 17.9 Å². The topological polar surface area (TPSA) is 91.4 Å². The fourth-order valence-electron chi connectivity index (χ4n) is 3.83. The fraction of sp³-hybridized carbons (Fsp3) is 0.292. The second-order valence-corrected chi connectivity index (χ2v) is 8.29. The van der Waals surface area contributed by atoms with Crippen LogP contribution in [0, 0.1) is 0 Å². The van der Waals surface area contributed by atoms with Crippen LogP contribution in [-0.4, -0.2) is 29.2 Å². The number of hydrogen-bond acceptors (Lipinski definition) is 8. The molecule has 0 bridgehead atoms. The highest BCUT2D eigenvalue weighted by Crippen LogP contribution is 2.38. The summed E-state index contributed by atoms with van der Waals surface area (Å²) in [6.45, 7) is 2.32. The van der Waals surface area contributed by atoms with Crippen molar-refractivity contribution in [2.75, 3.05) is 18.2 Å². The van der Waals surface area contributed by atoms with Crippen molar-refractivity contribution in [3.8, 4) is 17.0 Å². The summed E-state index contributed by atoms with van der Waals surface area (Å²) < 4.78 is 45.8. The zero-order chi connectivity index (χ0) is 24.6. The van der Waals surface area contributed by atoms with Crippen molar-refractivity contribution in [3.63, 3.8) is 0 Å². The molecule has 1 aliphatic heterocycles. The molecule has 0 atom stereocenters. The van der Waals surface area contributed by atoms with Gasteiger partial charge in [-0.3, -0.25) is 9.80 Å². The Labute approximate surface area is 198 Å². The number of benzene rings is 2. The van der Waals surface area contributed by atoms with Crippen LogP contribution < -0.4 is 31.6 Å². The number of alkyl halides is 3. The Morgan fingerprint density at radius 1 is 1.14 bits per heavy atom. The average molecular weight is 484 g/mol. The molecule has 0 spiro atoms. The van der Waals surface area contributed by atoms with Gasteiger partial charge in [-0.15, -0.1) is 5.53 Å². The third-order valence-electron chi connectivity index (χ3n) is 5.67. The molecule has 182 valence electrons. The van der Waals surface area contributed by atoms with E-state index in [1.54, 1.807) is 13.0 Å². The maximum Gasteiger partial charge on any atom is 0.420 e. The van der Waals surface area contributed by atoms with E-state index < -0.39 is 17.3 Å². The van der Waals surface area contributed by atoms with Crippen LogP contribution in [0.3, 0.4) is 0 Å². The van der Waals surface area contributed by atoms with Crippen LogP contribution in [0.4, 0.5) is 18.9 Å². The van der Waals surface area contributed by atoms with Crippen LogP contribution in [0.5, 0.6) is 5.75 Å². The predicted molar refractivity (Wildman–Crippen MR) is 125 cm³/mol. The van der Waals surface area contributed by atoms with E-state index in [0.29, 0.717) is 18.2 Å². The molecule has 0 saturated heterocycles. The third kappa shape index (κ3) is 5.05. The van der Waals surface area contributed by atoms with Gasteiger partial charge in [0, 0.05) is 36.5 Å². The van der Waals surface area contributed by atoms with Crippen LogP contribution in [0.15, 0.2) is 59.2 Å². The molecule has 1 fully saturated rings. The van der Waals surface area contributed by atoms with E-state index >= 15 is 0 Å². The largest absolute Gasteiger partial charge is 0.493 e. The van der Waals surface area contributed by atoms with Gasteiger partial charge in [0.25, 0.3) is 5.56 Å². The lowest BCUT2D eigenvalue weighted by Crippen LogP contribution is -2.39. The van der Waals surface area contributed by atoms with Crippen molar-refractivity contribution in [3.05, 3.63) is 70.3 Å². The summed E-state index contributed by atoms with van der Waals surface area (Å²) in [5.74, 6) is -0.356. The van der Waals surface area contributed by atoms with Crippen LogP contribution in [0.1, 0.15) is 25.3 Å². The number of ether oxygens (including phenoxy) is 1. The summed E-state index contributed by atoms with van der Waals surface area (Å²) in [6, 6.07) is 11.1. The SMILES string of the molecule is CCOc1cc2nc(-c3cccc(N4NNC=C4CNC4CC4)c3)cc(=O)nc2cc1C(F)(F)F. The third-order valence-corrected chi connectivity index (χ3v) is 5.67. The highest BCUT2D eigenvalue weighted by Gasteiger charge is 2.35. The summed E-state index contributed by atoms with van der Waals surface area (Å²) in [5.41, 5.74) is 7.01. The van der Waals surface area contributed by atoms with Crippen LogP contribution in [-0.2, 0) is 6.18 Å². The molecular weight excluding hydrogens is 461 g/mol. The van der Waals surface area contributed by atoms with Crippen molar-refractivity contribution in [2.24, 2.45) is 0 Å². The Bertz CT molecular complexity index is 1360. The van der Waals surface area contributed by atoms with Gasteiger partial charge in [0.05, 0.1) is 40.3 Å². The van der Waals surface area contributed by atoms with Crippen molar-refractivity contribution in [2.45, 2.75) is 32.0 Å². The van der Waals surface area contributed by atoms with E-state index in [1.807, 2.05) is 29.4 Å². The van der Waals surface area contributed by atoms with Gasteiger partial charge in [-0.1, -0.05) is 12.1 Å². The molecule has 5 rings (SSSR count). The number of hydrogen-bond donors (Lipinski definition) is 3. The van der Waals surface area contributed by atoms with Crippen molar-refractivity contribution in [1.29, 1.82) is 0 Å². The number of anilines is 1. The number of nitrogens with zero attached hydrogens (tertiary/aromatic N) is 3. The lowest BCUT2D eigenvalue weighted by molar-refractivity contribution is -0.138. The van der Waals surface area contributed by atoms with E-state index in [-0.39, 0.29) is 29.1 Å². The first-order valence-electron chi connectivity index (χ1n) is 11.2. The van der Waals surface area contributed by atoms with Crippen molar-refractivity contribution >= 4 is 16.7 Å². The van der Waals surface area contributed by atoms with Gasteiger partial charge >= 0.3 is 6.18 Å². The molecular formula is C24H23F3N6O2. The summed E-state index contributed by atoms with van der Waals surface area (Å²) in [4.78, 5) is 20.8. The Morgan fingerprint density at radius 3 is 2.69 bits per heavy atom. The van der Waals surface area contributed by atoms with E-state index in [0.717, 1.165) is 17.5 Å². The Hall–Kier alpha value is -3.70. The van der Waals surface area contributed by atoms with Crippen LogP contribution >= 0.6 is 0 Å². The van der Waals surface area contributed by atoms with Gasteiger partial charge in [0.2, 0.25) is 0 Å². The molecule has 2 heterocycles. The fourth-order valence-corrected chi connectivity index (χ4v) is 3.83. The quantitative estimate of drug-likeness (QED) is 0.470. The van der Waals surface area contributed by atoms with Gasteiger partial charge < -0.3 is 15.5 Å². The molecule has 0 unspecified atom stereocenters. The first-order chi connectivity index (χ1) is 16.8. The summed E-state index contributed by atoms with van der Waals surface area (Å²) in [5, 5.41) is 5.34. The van der Waals surface area contributed by atoms with Crippen molar-refractivity contribution in [1.82, 2.24) is 26.2 Å². The van der Waals surface area contributed by atoms with E-state index in [2.05, 4.69) is 26.2 Å². The zero-order valence-electron chi connectivity index (χ0n) is 18.8. The first kappa shape index (κ1) is 23.1. The van der Waals surface area contributed by atoms with Gasteiger partial charge in [-0.2, -0.15) is 13.2 Å². The Morgan fingerprint density at radius 2 is 1.94 bits per heavy atom.